The monoisotopic (exact) mass is 459 g/mol. The van der Waals surface area contributed by atoms with E-state index in [2.05, 4.69) is 30.5 Å². The highest BCUT2D eigenvalue weighted by Gasteiger charge is 2.37. The SMILES string of the molecule is CC1(CC(=O)NCc2ccc(Cl)cc2)CNCCN1c1cc(Cl)nc(-n2ccnc2)n1. The van der Waals surface area contributed by atoms with Crippen molar-refractivity contribution in [1.29, 1.82) is 0 Å². The van der Waals surface area contributed by atoms with Crippen LogP contribution in [0.15, 0.2) is 49.1 Å². The van der Waals surface area contributed by atoms with E-state index in [9.17, 15) is 4.79 Å². The first-order valence-electron chi connectivity index (χ1n) is 9.95. The van der Waals surface area contributed by atoms with Crippen LogP contribution in [-0.4, -0.2) is 50.6 Å². The van der Waals surface area contributed by atoms with Crippen LogP contribution in [0, 0.1) is 0 Å². The molecule has 31 heavy (non-hydrogen) atoms. The maximum Gasteiger partial charge on any atom is 0.238 e. The number of rotatable bonds is 6. The third kappa shape index (κ3) is 5.15. The molecule has 3 aromatic rings. The Morgan fingerprint density at radius 3 is 2.81 bits per heavy atom. The minimum Gasteiger partial charge on any atom is -0.352 e. The number of nitrogens with one attached hydrogen (secondary N) is 2. The molecule has 1 unspecified atom stereocenters. The van der Waals surface area contributed by atoms with Gasteiger partial charge in [-0.15, -0.1) is 0 Å². The summed E-state index contributed by atoms with van der Waals surface area (Å²) in [4.78, 5) is 27.9. The molecule has 4 rings (SSSR count). The van der Waals surface area contributed by atoms with Gasteiger partial charge in [0.15, 0.2) is 0 Å². The van der Waals surface area contributed by atoms with Crippen molar-refractivity contribution in [3.63, 3.8) is 0 Å². The van der Waals surface area contributed by atoms with Crippen molar-refractivity contribution in [1.82, 2.24) is 30.2 Å². The molecule has 1 saturated heterocycles. The van der Waals surface area contributed by atoms with Gasteiger partial charge >= 0.3 is 0 Å². The molecule has 1 aliphatic rings. The van der Waals surface area contributed by atoms with E-state index < -0.39 is 5.54 Å². The third-order valence-electron chi connectivity index (χ3n) is 5.30. The van der Waals surface area contributed by atoms with E-state index in [1.54, 1.807) is 29.4 Å². The summed E-state index contributed by atoms with van der Waals surface area (Å²) >= 11 is 12.2. The first kappa shape index (κ1) is 21.5. The molecule has 0 spiro atoms. The Kier molecular flexibility index (Phi) is 6.41. The Morgan fingerprint density at radius 1 is 1.26 bits per heavy atom. The van der Waals surface area contributed by atoms with Crippen LogP contribution in [0.3, 0.4) is 0 Å². The lowest BCUT2D eigenvalue weighted by Crippen LogP contribution is -2.61. The van der Waals surface area contributed by atoms with E-state index in [1.165, 1.54) is 0 Å². The van der Waals surface area contributed by atoms with Crippen molar-refractivity contribution in [3.8, 4) is 5.95 Å². The fourth-order valence-corrected chi connectivity index (χ4v) is 4.00. The Hall–Kier alpha value is -2.68. The minimum atomic E-state index is -0.480. The summed E-state index contributed by atoms with van der Waals surface area (Å²) in [5.74, 6) is 1.08. The molecule has 3 heterocycles. The molecule has 1 amide bonds. The Bertz CT molecular complexity index is 1040. The van der Waals surface area contributed by atoms with Gasteiger partial charge < -0.3 is 15.5 Å². The lowest BCUT2D eigenvalue weighted by molar-refractivity contribution is -0.122. The van der Waals surface area contributed by atoms with Gasteiger partial charge in [0.25, 0.3) is 0 Å². The quantitative estimate of drug-likeness (QED) is 0.551. The topological polar surface area (TPSA) is 88.0 Å². The number of amides is 1. The first-order chi connectivity index (χ1) is 14.9. The average molecular weight is 460 g/mol. The number of aromatic nitrogens is 4. The van der Waals surface area contributed by atoms with Crippen LogP contribution < -0.4 is 15.5 Å². The van der Waals surface area contributed by atoms with Crippen LogP contribution in [0.5, 0.6) is 0 Å². The molecule has 10 heteroatoms. The van der Waals surface area contributed by atoms with Crippen LogP contribution in [0.2, 0.25) is 10.2 Å². The number of nitrogens with zero attached hydrogens (tertiary/aromatic N) is 5. The lowest BCUT2D eigenvalue weighted by Gasteiger charge is -2.45. The van der Waals surface area contributed by atoms with Crippen LogP contribution in [0.25, 0.3) is 5.95 Å². The second-order valence-electron chi connectivity index (χ2n) is 7.72. The van der Waals surface area contributed by atoms with E-state index in [-0.39, 0.29) is 5.91 Å². The van der Waals surface area contributed by atoms with E-state index in [0.717, 1.165) is 12.1 Å². The van der Waals surface area contributed by atoms with Gasteiger partial charge in [0.1, 0.15) is 17.3 Å². The predicted octanol–water partition coefficient (Wildman–Crippen LogP) is 2.84. The fraction of sp³-hybridized carbons (Fsp3) is 0.333. The van der Waals surface area contributed by atoms with Crippen molar-refractivity contribution >= 4 is 34.9 Å². The van der Waals surface area contributed by atoms with Crippen LogP contribution in [-0.2, 0) is 11.3 Å². The van der Waals surface area contributed by atoms with Crippen LogP contribution >= 0.6 is 23.2 Å². The molecule has 0 saturated carbocycles. The standard InChI is InChI=1S/C21H23Cl2N7O/c1-21(11-19(31)26-12-15-2-4-16(22)5-3-15)13-24-7-9-30(21)18-10-17(23)27-20(28-18)29-8-6-25-14-29/h2-6,8,10,14,24H,7,9,11-13H2,1H3,(H,26,31). The summed E-state index contributed by atoms with van der Waals surface area (Å²) in [6, 6.07) is 9.16. The summed E-state index contributed by atoms with van der Waals surface area (Å²) in [7, 11) is 0. The van der Waals surface area contributed by atoms with Gasteiger partial charge in [0.05, 0.1) is 12.0 Å². The Morgan fingerprint density at radius 2 is 2.06 bits per heavy atom. The van der Waals surface area contributed by atoms with Gasteiger partial charge in [-0.2, -0.15) is 4.98 Å². The molecule has 1 fully saturated rings. The highest BCUT2D eigenvalue weighted by Crippen LogP contribution is 2.29. The number of benzene rings is 1. The number of piperazine rings is 1. The number of anilines is 1. The number of imidazole rings is 1. The van der Waals surface area contributed by atoms with Gasteiger partial charge in [-0.1, -0.05) is 35.3 Å². The molecule has 2 aromatic heterocycles. The van der Waals surface area contributed by atoms with Crippen molar-refractivity contribution in [3.05, 3.63) is 64.8 Å². The van der Waals surface area contributed by atoms with Gasteiger partial charge in [-0.05, 0) is 24.6 Å². The summed E-state index contributed by atoms with van der Waals surface area (Å²) in [6.07, 6.45) is 5.34. The largest absolute Gasteiger partial charge is 0.352 e. The first-order valence-corrected chi connectivity index (χ1v) is 10.7. The zero-order chi connectivity index (χ0) is 21.8. The van der Waals surface area contributed by atoms with Gasteiger partial charge in [-0.25, -0.2) is 9.97 Å². The maximum absolute atomic E-state index is 12.8. The van der Waals surface area contributed by atoms with E-state index in [4.69, 9.17) is 23.2 Å². The average Bonchev–Trinajstić information content (AvgIpc) is 3.28. The number of hydrogen-bond acceptors (Lipinski definition) is 6. The summed E-state index contributed by atoms with van der Waals surface area (Å²) in [5, 5.41) is 7.40. The van der Waals surface area contributed by atoms with E-state index in [1.807, 2.05) is 31.2 Å². The zero-order valence-corrected chi connectivity index (χ0v) is 18.6. The number of halogens is 2. The zero-order valence-electron chi connectivity index (χ0n) is 17.1. The molecule has 1 atom stereocenters. The van der Waals surface area contributed by atoms with E-state index >= 15 is 0 Å². The fourth-order valence-electron chi connectivity index (χ4n) is 3.70. The highest BCUT2D eigenvalue weighted by atomic mass is 35.5. The molecule has 0 bridgehead atoms. The molecule has 0 radical (unpaired) electrons. The molecule has 1 aromatic carbocycles. The van der Waals surface area contributed by atoms with Crippen molar-refractivity contribution < 1.29 is 4.79 Å². The molecular weight excluding hydrogens is 437 g/mol. The smallest absolute Gasteiger partial charge is 0.238 e. The molecule has 162 valence electrons. The summed E-state index contributed by atoms with van der Waals surface area (Å²) in [6.45, 7) is 4.61. The minimum absolute atomic E-state index is 0.0406. The third-order valence-corrected chi connectivity index (χ3v) is 5.74. The second-order valence-corrected chi connectivity index (χ2v) is 8.55. The van der Waals surface area contributed by atoms with Gasteiger partial charge in [0, 0.05) is 49.7 Å². The molecule has 0 aliphatic carbocycles. The Balaban J connectivity index is 1.51. The molecule has 1 aliphatic heterocycles. The van der Waals surface area contributed by atoms with Crippen molar-refractivity contribution in [2.45, 2.75) is 25.4 Å². The van der Waals surface area contributed by atoms with E-state index in [0.29, 0.717) is 48.0 Å². The number of carbonyl (C=O) groups is 1. The van der Waals surface area contributed by atoms with Crippen LogP contribution in [0.1, 0.15) is 18.9 Å². The van der Waals surface area contributed by atoms with Gasteiger partial charge in [0.2, 0.25) is 11.9 Å². The number of carbonyl (C=O) groups excluding carboxylic acids is 1. The van der Waals surface area contributed by atoms with Crippen LogP contribution in [0.4, 0.5) is 5.82 Å². The van der Waals surface area contributed by atoms with Crippen molar-refractivity contribution in [2.24, 2.45) is 0 Å². The Labute approximate surface area is 190 Å². The summed E-state index contributed by atoms with van der Waals surface area (Å²) in [5.41, 5.74) is 0.515. The molecule has 8 nitrogen and oxygen atoms in total. The normalized spacial score (nSPS) is 18.7. The number of hydrogen-bond donors (Lipinski definition) is 2. The predicted molar refractivity (Wildman–Crippen MR) is 121 cm³/mol. The highest BCUT2D eigenvalue weighted by molar-refractivity contribution is 6.30. The van der Waals surface area contributed by atoms with Gasteiger partial charge in [-0.3, -0.25) is 9.36 Å². The second kappa shape index (κ2) is 9.21. The molecule has 2 N–H and O–H groups in total. The maximum atomic E-state index is 12.8. The lowest BCUT2D eigenvalue weighted by atomic mass is 9.92. The molecular formula is C21H23Cl2N7O. The van der Waals surface area contributed by atoms with Crippen molar-refractivity contribution in [2.75, 3.05) is 24.5 Å². The summed E-state index contributed by atoms with van der Waals surface area (Å²) < 4.78 is 1.70.